The van der Waals surface area contributed by atoms with Crippen molar-refractivity contribution in [2.75, 3.05) is 0 Å². The summed E-state index contributed by atoms with van der Waals surface area (Å²) >= 11 is 0. The minimum Gasteiger partial charge on any atom is -0.298 e. The van der Waals surface area contributed by atoms with E-state index in [1.165, 1.54) is 49.7 Å². The predicted octanol–water partition coefficient (Wildman–Crippen LogP) is 8.81. The number of hydrogen-bond donors (Lipinski definition) is 0. The Morgan fingerprint density at radius 3 is 1.33 bits per heavy atom. The summed E-state index contributed by atoms with van der Waals surface area (Å²) in [6, 6.07) is 35.7. The number of imidazole rings is 1. The van der Waals surface area contributed by atoms with Crippen molar-refractivity contribution in [3.05, 3.63) is 132 Å². The molecule has 42 heavy (non-hydrogen) atoms. The van der Waals surface area contributed by atoms with Crippen LogP contribution in [-0.2, 0) is 0 Å². The third-order valence-corrected chi connectivity index (χ3v) is 10.5. The molecule has 0 aliphatic carbocycles. The second kappa shape index (κ2) is 12.8. The highest BCUT2D eigenvalue weighted by atomic mass is 31.1. The maximum atomic E-state index is 3.97. The van der Waals surface area contributed by atoms with Gasteiger partial charge in [0.15, 0.2) is 0 Å². The molecule has 1 heterocycles. The monoisotopic (exact) mass is 572 g/mol. The van der Waals surface area contributed by atoms with E-state index in [-0.39, 0.29) is 0 Å². The highest BCUT2D eigenvalue weighted by Gasteiger charge is 2.27. The molecular weight excluding hydrogens is 527 g/mol. The molecule has 0 aliphatic rings. The lowest BCUT2D eigenvalue weighted by Gasteiger charge is -2.25. The summed E-state index contributed by atoms with van der Waals surface area (Å²) in [7, 11) is -0.862. The van der Waals surface area contributed by atoms with Gasteiger partial charge in [-0.3, -0.25) is 9.13 Å². The highest BCUT2D eigenvalue weighted by molar-refractivity contribution is 7.79. The molecule has 4 aromatic carbocycles. The Hall–Kier alpha value is -3.48. The average molecular weight is 573 g/mol. The summed E-state index contributed by atoms with van der Waals surface area (Å²) in [5, 5.41) is 2.68. The normalized spacial score (nSPS) is 11.9. The number of nitrogens with zero attached hydrogens (tertiary/aromatic N) is 2. The Morgan fingerprint density at radius 2 is 0.929 bits per heavy atom. The van der Waals surface area contributed by atoms with E-state index in [1.807, 2.05) is 0 Å². The van der Waals surface area contributed by atoms with Crippen LogP contribution < -0.4 is 20.6 Å². The fraction of sp³-hybridized carbons (Fsp3) is 0.308. The van der Waals surface area contributed by atoms with Crippen LogP contribution in [0.5, 0.6) is 0 Å². The minimum atomic E-state index is -0.862. The van der Waals surface area contributed by atoms with Crippen LogP contribution >= 0.6 is 7.92 Å². The number of para-hydroxylation sites is 2. The number of benzene rings is 4. The van der Waals surface area contributed by atoms with Gasteiger partial charge < -0.3 is 0 Å². The second-order valence-electron chi connectivity index (χ2n) is 12.5. The summed E-state index contributed by atoms with van der Waals surface area (Å²) in [5.41, 5.74) is 9.27. The van der Waals surface area contributed by atoms with Crippen molar-refractivity contribution >= 4 is 24.0 Å². The standard InChI is InChI=1S/C39H45N2P/c1-27(2)33-21-15-22-34(28(3)4)38(33)40-25-37(42(31-17-11-9-12-18-31)32-19-13-10-14-20-32)41(26-40)39-35(29(5)6)23-16-24-36(39)30(7)8/h9-25,27-30H,1-8H3. The first kappa shape index (κ1) is 30.0. The molecule has 0 amide bonds. The first-order valence-corrected chi connectivity index (χ1v) is 16.8. The van der Waals surface area contributed by atoms with Crippen LogP contribution in [0.3, 0.4) is 0 Å². The van der Waals surface area contributed by atoms with Crippen LogP contribution in [-0.4, -0.2) is 4.57 Å². The summed E-state index contributed by atoms with van der Waals surface area (Å²) in [6.07, 6.45) is 6.35. The van der Waals surface area contributed by atoms with Crippen LogP contribution in [0.15, 0.2) is 103 Å². The molecule has 0 saturated carbocycles. The molecule has 0 spiro atoms. The molecule has 0 unspecified atom stereocenters. The van der Waals surface area contributed by atoms with Gasteiger partial charge in [0.25, 0.3) is 6.33 Å². The molecule has 216 valence electrons. The zero-order chi connectivity index (χ0) is 30.0. The highest BCUT2D eigenvalue weighted by Crippen LogP contribution is 2.36. The SMILES string of the molecule is CC(C)c1cccc(C(C)C)c1-n1[c-][n+](-c2c(C(C)C)cccc2C(C)C)c(P(c2ccccc2)c2ccccc2)c1. The van der Waals surface area contributed by atoms with Crippen molar-refractivity contribution in [3.63, 3.8) is 0 Å². The fourth-order valence-electron chi connectivity index (χ4n) is 5.93. The topological polar surface area (TPSA) is 8.81 Å². The van der Waals surface area contributed by atoms with Gasteiger partial charge in [0.2, 0.25) is 0 Å². The molecule has 0 fully saturated rings. The van der Waals surface area contributed by atoms with Crippen molar-refractivity contribution in [1.29, 1.82) is 0 Å². The largest absolute Gasteiger partial charge is 0.298 e. The van der Waals surface area contributed by atoms with Crippen LogP contribution in [0.2, 0.25) is 0 Å². The van der Waals surface area contributed by atoms with Crippen molar-refractivity contribution in [2.24, 2.45) is 0 Å². The molecule has 1 aromatic heterocycles. The van der Waals surface area contributed by atoms with Gasteiger partial charge in [0, 0.05) is 6.20 Å². The smallest absolute Gasteiger partial charge is 0.269 e. The van der Waals surface area contributed by atoms with Crippen molar-refractivity contribution < 1.29 is 4.57 Å². The molecule has 0 bridgehead atoms. The molecule has 0 N–H and O–H groups in total. The first-order chi connectivity index (χ1) is 20.2. The lowest BCUT2D eigenvalue weighted by atomic mass is 9.92. The third kappa shape index (κ3) is 5.88. The van der Waals surface area contributed by atoms with Gasteiger partial charge in [-0.25, -0.2) is 0 Å². The van der Waals surface area contributed by atoms with Crippen LogP contribution in [0, 0.1) is 6.33 Å². The van der Waals surface area contributed by atoms with Crippen molar-refractivity contribution in [1.82, 2.24) is 4.57 Å². The molecule has 3 heteroatoms. The first-order valence-electron chi connectivity index (χ1n) is 15.4. The summed E-state index contributed by atoms with van der Waals surface area (Å²) in [5.74, 6) is 1.55. The molecule has 0 radical (unpaired) electrons. The zero-order valence-electron chi connectivity index (χ0n) is 26.5. The Labute approximate surface area is 254 Å². The van der Waals surface area contributed by atoms with E-state index in [9.17, 15) is 0 Å². The summed E-state index contributed by atoms with van der Waals surface area (Å²) in [4.78, 5) is 0. The fourth-order valence-corrected chi connectivity index (χ4v) is 8.27. The maximum Gasteiger partial charge on any atom is 0.269 e. The molecule has 2 nitrogen and oxygen atoms in total. The Morgan fingerprint density at radius 1 is 0.524 bits per heavy atom. The molecule has 5 aromatic rings. The number of rotatable bonds is 9. The lowest BCUT2D eigenvalue weighted by Crippen LogP contribution is -2.47. The van der Waals surface area contributed by atoms with E-state index in [1.54, 1.807) is 0 Å². The van der Waals surface area contributed by atoms with E-state index in [0.717, 1.165) is 0 Å². The van der Waals surface area contributed by atoms with Gasteiger partial charge in [-0.05, 0) is 64.5 Å². The van der Waals surface area contributed by atoms with Crippen LogP contribution in [0.25, 0.3) is 11.4 Å². The number of hydrogen-bond acceptors (Lipinski definition) is 0. The quantitative estimate of drug-likeness (QED) is 0.0948. The molecule has 5 rings (SSSR count). The second-order valence-corrected chi connectivity index (χ2v) is 14.6. The van der Waals surface area contributed by atoms with E-state index < -0.39 is 7.92 Å². The predicted molar refractivity (Wildman–Crippen MR) is 181 cm³/mol. The van der Waals surface area contributed by atoms with Gasteiger partial charge in [-0.1, -0.05) is 152 Å². The van der Waals surface area contributed by atoms with Gasteiger partial charge in [0.05, 0.1) is 16.8 Å². The van der Waals surface area contributed by atoms with Gasteiger partial charge in [0.1, 0.15) is 0 Å². The summed E-state index contributed by atoms with van der Waals surface area (Å²) < 4.78 is 4.75. The summed E-state index contributed by atoms with van der Waals surface area (Å²) in [6.45, 7) is 18.4. The Balaban J connectivity index is 1.92. The minimum absolute atomic E-state index is 0.379. The maximum absolute atomic E-state index is 3.97. The zero-order valence-corrected chi connectivity index (χ0v) is 27.4. The Bertz CT molecular complexity index is 1540. The van der Waals surface area contributed by atoms with Crippen LogP contribution in [0.1, 0.15) is 101 Å². The van der Waals surface area contributed by atoms with E-state index in [0.29, 0.717) is 23.7 Å². The van der Waals surface area contributed by atoms with Gasteiger partial charge >= 0.3 is 0 Å². The number of aromatic nitrogens is 2. The van der Waals surface area contributed by atoms with Crippen molar-refractivity contribution in [2.45, 2.75) is 79.1 Å². The lowest BCUT2D eigenvalue weighted by molar-refractivity contribution is -0.581. The van der Waals surface area contributed by atoms with Gasteiger partial charge in [-0.15, -0.1) is 0 Å². The van der Waals surface area contributed by atoms with Crippen molar-refractivity contribution in [3.8, 4) is 11.4 Å². The Kier molecular flexibility index (Phi) is 9.14. The van der Waals surface area contributed by atoms with E-state index >= 15 is 0 Å². The molecular formula is C39H45N2P. The molecule has 0 aliphatic heterocycles. The van der Waals surface area contributed by atoms with Gasteiger partial charge in [-0.2, -0.15) is 0 Å². The third-order valence-electron chi connectivity index (χ3n) is 8.09. The van der Waals surface area contributed by atoms with E-state index in [2.05, 4.69) is 174 Å². The van der Waals surface area contributed by atoms with E-state index in [4.69, 9.17) is 0 Å². The average Bonchev–Trinajstić information content (AvgIpc) is 3.41. The molecule has 0 saturated heterocycles. The van der Waals surface area contributed by atoms with Crippen LogP contribution in [0.4, 0.5) is 0 Å². The molecule has 0 atom stereocenters.